The predicted octanol–water partition coefficient (Wildman–Crippen LogP) is 1.86. The van der Waals surface area contributed by atoms with E-state index in [4.69, 9.17) is 0 Å². The van der Waals surface area contributed by atoms with Crippen LogP contribution in [-0.4, -0.2) is 18.0 Å². The summed E-state index contributed by atoms with van der Waals surface area (Å²) < 4.78 is 26.9. The van der Waals surface area contributed by atoms with Crippen molar-refractivity contribution in [2.45, 2.75) is 45.3 Å². The van der Waals surface area contributed by atoms with Crippen LogP contribution in [0.1, 0.15) is 32.3 Å². The van der Waals surface area contributed by atoms with Crippen molar-refractivity contribution in [3.8, 4) is 0 Å². The van der Waals surface area contributed by atoms with E-state index >= 15 is 0 Å². The van der Waals surface area contributed by atoms with Gasteiger partial charge in [-0.1, -0.05) is 6.07 Å². The largest absolute Gasteiger partial charge is 0.352 e. The molecular formula is C15H21F2N3O. The second-order valence-corrected chi connectivity index (χ2v) is 5.55. The van der Waals surface area contributed by atoms with Crippen molar-refractivity contribution in [3.05, 3.63) is 35.4 Å². The Hall–Kier alpha value is -1.53. The summed E-state index contributed by atoms with van der Waals surface area (Å²) in [6.45, 7) is 4.01. The lowest BCUT2D eigenvalue weighted by molar-refractivity contribution is -0.121. The van der Waals surface area contributed by atoms with Crippen molar-refractivity contribution in [1.82, 2.24) is 16.2 Å². The normalized spacial score (nSPS) is 25.0. The van der Waals surface area contributed by atoms with E-state index < -0.39 is 11.6 Å². The Morgan fingerprint density at radius 3 is 2.33 bits per heavy atom. The number of halogens is 2. The van der Waals surface area contributed by atoms with E-state index in [1.807, 2.05) is 0 Å². The molecule has 4 nitrogen and oxygen atoms in total. The fourth-order valence-corrected chi connectivity index (χ4v) is 2.68. The number of amides is 1. The Bertz CT molecular complexity index is 479. The van der Waals surface area contributed by atoms with Gasteiger partial charge in [-0.3, -0.25) is 15.6 Å². The van der Waals surface area contributed by atoms with Gasteiger partial charge in [0.05, 0.1) is 0 Å². The quantitative estimate of drug-likeness (QED) is 0.777. The predicted molar refractivity (Wildman–Crippen MR) is 76.1 cm³/mol. The Morgan fingerprint density at radius 1 is 1.19 bits per heavy atom. The summed E-state index contributed by atoms with van der Waals surface area (Å²) >= 11 is 0. The minimum absolute atomic E-state index is 0.100. The number of hydrazine groups is 1. The van der Waals surface area contributed by atoms with Crippen LogP contribution >= 0.6 is 0 Å². The van der Waals surface area contributed by atoms with Crippen molar-refractivity contribution in [3.63, 3.8) is 0 Å². The van der Waals surface area contributed by atoms with Crippen molar-refractivity contribution < 1.29 is 13.6 Å². The standard InChI is InChI=1S/C15H21F2N3O/c1-9-11(10(2)20-19-9)6-7-15(21)18-8-12-13(16)4-3-5-14(12)17/h3-5,9-11,19-20H,6-8H2,1-2H3,(H,18,21). The van der Waals surface area contributed by atoms with Crippen molar-refractivity contribution in [1.29, 1.82) is 0 Å². The molecule has 21 heavy (non-hydrogen) atoms. The molecule has 0 aliphatic carbocycles. The zero-order chi connectivity index (χ0) is 15.4. The molecule has 0 aromatic heterocycles. The molecule has 6 heteroatoms. The van der Waals surface area contributed by atoms with Gasteiger partial charge >= 0.3 is 0 Å². The highest BCUT2D eigenvalue weighted by Crippen LogP contribution is 2.20. The third-order valence-corrected chi connectivity index (χ3v) is 4.05. The van der Waals surface area contributed by atoms with Crippen LogP contribution in [0.2, 0.25) is 0 Å². The monoisotopic (exact) mass is 297 g/mol. The lowest BCUT2D eigenvalue weighted by atomic mass is 9.91. The summed E-state index contributed by atoms with van der Waals surface area (Å²) in [5.41, 5.74) is 6.17. The molecular weight excluding hydrogens is 276 g/mol. The molecule has 1 fully saturated rings. The fraction of sp³-hybridized carbons (Fsp3) is 0.533. The van der Waals surface area contributed by atoms with Crippen molar-refractivity contribution >= 4 is 5.91 Å². The van der Waals surface area contributed by atoms with Gasteiger partial charge in [0.15, 0.2) is 0 Å². The topological polar surface area (TPSA) is 53.2 Å². The minimum Gasteiger partial charge on any atom is -0.352 e. The molecule has 1 amide bonds. The van der Waals surface area contributed by atoms with E-state index in [0.29, 0.717) is 24.4 Å². The Kier molecular flexibility index (Phi) is 5.25. The second kappa shape index (κ2) is 6.95. The number of hydrogen-bond acceptors (Lipinski definition) is 3. The fourth-order valence-electron chi connectivity index (χ4n) is 2.68. The van der Waals surface area contributed by atoms with Gasteiger partial charge in [0.2, 0.25) is 5.91 Å². The van der Waals surface area contributed by atoms with Gasteiger partial charge in [0, 0.05) is 30.6 Å². The van der Waals surface area contributed by atoms with Crippen LogP contribution in [0.4, 0.5) is 8.78 Å². The minimum atomic E-state index is -0.637. The molecule has 2 rings (SSSR count). The number of carbonyl (C=O) groups is 1. The summed E-state index contributed by atoms with van der Waals surface area (Å²) in [6.07, 6.45) is 1.08. The first kappa shape index (κ1) is 15.9. The molecule has 1 aromatic rings. The molecule has 1 heterocycles. The van der Waals surface area contributed by atoms with Crippen LogP contribution in [0.15, 0.2) is 18.2 Å². The Labute approximate surface area is 123 Å². The summed E-state index contributed by atoms with van der Waals surface area (Å²) in [5.74, 6) is -1.10. The first-order valence-electron chi connectivity index (χ1n) is 7.19. The maximum Gasteiger partial charge on any atom is 0.220 e. The van der Waals surface area contributed by atoms with Crippen LogP contribution in [-0.2, 0) is 11.3 Å². The van der Waals surface area contributed by atoms with Gasteiger partial charge < -0.3 is 5.32 Å². The smallest absolute Gasteiger partial charge is 0.220 e. The van der Waals surface area contributed by atoms with Gasteiger partial charge in [-0.2, -0.15) is 0 Å². The molecule has 1 aromatic carbocycles. The summed E-state index contributed by atoms with van der Waals surface area (Å²) in [5, 5.41) is 2.57. The summed E-state index contributed by atoms with van der Waals surface area (Å²) in [7, 11) is 0. The van der Waals surface area contributed by atoms with Crippen LogP contribution in [0.25, 0.3) is 0 Å². The molecule has 0 saturated carbocycles. The summed E-state index contributed by atoms with van der Waals surface area (Å²) in [4.78, 5) is 11.8. The number of rotatable bonds is 5. The van der Waals surface area contributed by atoms with Crippen LogP contribution in [0, 0.1) is 17.6 Å². The Balaban J connectivity index is 1.80. The first-order chi connectivity index (χ1) is 9.99. The molecule has 0 bridgehead atoms. The molecule has 3 N–H and O–H groups in total. The molecule has 0 radical (unpaired) electrons. The van der Waals surface area contributed by atoms with Crippen molar-refractivity contribution in [2.75, 3.05) is 0 Å². The van der Waals surface area contributed by atoms with Crippen LogP contribution < -0.4 is 16.2 Å². The lowest BCUT2D eigenvalue weighted by Gasteiger charge is -2.17. The number of carbonyl (C=O) groups excluding carboxylic acids is 1. The number of benzene rings is 1. The maximum absolute atomic E-state index is 13.4. The van der Waals surface area contributed by atoms with E-state index in [9.17, 15) is 13.6 Å². The van der Waals surface area contributed by atoms with Crippen LogP contribution in [0.3, 0.4) is 0 Å². The van der Waals surface area contributed by atoms with Gasteiger partial charge in [-0.05, 0) is 38.3 Å². The molecule has 1 aliphatic rings. The van der Waals surface area contributed by atoms with Gasteiger partial charge in [-0.15, -0.1) is 0 Å². The highest BCUT2D eigenvalue weighted by atomic mass is 19.1. The average Bonchev–Trinajstić information content (AvgIpc) is 2.75. The van der Waals surface area contributed by atoms with E-state index in [0.717, 1.165) is 6.42 Å². The number of nitrogens with one attached hydrogen (secondary N) is 3. The van der Waals surface area contributed by atoms with E-state index in [1.165, 1.54) is 18.2 Å². The first-order valence-corrected chi connectivity index (χ1v) is 7.19. The molecule has 1 saturated heterocycles. The molecule has 0 spiro atoms. The van der Waals surface area contributed by atoms with E-state index in [1.54, 1.807) is 0 Å². The highest BCUT2D eigenvalue weighted by molar-refractivity contribution is 5.75. The highest BCUT2D eigenvalue weighted by Gasteiger charge is 2.29. The molecule has 1 aliphatic heterocycles. The summed E-state index contributed by atoms with van der Waals surface area (Å²) in [6, 6.07) is 4.28. The second-order valence-electron chi connectivity index (χ2n) is 5.55. The maximum atomic E-state index is 13.4. The van der Waals surface area contributed by atoms with Crippen LogP contribution in [0.5, 0.6) is 0 Å². The van der Waals surface area contributed by atoms with Crippen molar-refractivity contribution in [2.24, 2.45) is 5.92 Å². The third kappa shape index (κ3) is 3.98. The Morgan fingerprint density at radius 2 is 1.76 bits per heavy atom. The van der Waals surface area contributed by atoms with E-state index in [2.05, 4.69) is 30.0 Å². The molecule has 2 unspecified atom stereocenters. The average molecular weight is 297 g/mol. The third-order valence-electron chi connectivity index (χ3n) is 4.05. The van der Waals surface area contributed by atoms with E-state index in [-0.39, 0.29) is 18.0 Å². The molecule has 116 valence electrons. The SMILES string of the molecule is CC1NNC(C)C1CCC(=O)NCc1c(F)cccc1F. The lowest BCUT2D eigenvalue weighted by Crippen LogP contribution is -2.30. The molecule has 2 atom stereocenters. The number of hydrogen-bond donors (Lipinski definition) is 3. The van der Waals surface area contributed by atoms with Gasteiger partial charge in [0.1, 0.15) is 11.6 Å². The van der Waals surface area contributed by atoms with Gasteiger partial charge in [-0.25, -0.2) is 8.78 Å². The zero-order valence-electron chi connectivity index (χ0n) is 12.2. The zero-order valence-corrected chi connectivity index (χ0v) is 12.2. The van der Waals surface area contributed by atoms with Gasteiger partial charge in [0.25, 0.3) is 0 Å².